The summed E-state index contributed by atoms with van der Waals surface area (Å²) in [5.74, 6) is 0.764. The molecule has 7 heteroatoms. The highest BCUT2D eigenvalue weighted by Crippen LogP contribution is 2.29. The Morgan fingerprint density at radius 2 is 1.93 bits per heavy atom. The maximum atomic E-state index is 12.8. The molecule has 0 radical (unpaired) electrons. The van der Waals surface area contributed by atoms with Crippen LogP contribution in [0.25, 0.3) is 0 Å². The zero-order chi connectivity index (χ0) is 20.9. The standard InChI is InChI=1S/C22H30N2O4S/c1-4-13-24-14-5-6-18-15-17(7-9-20(18)24)11-12-23-29(25,26)22-16-19(27-2)8-10-21(22)28-3/h7-10,15-16,23H,4-6,11-14H2,1-3H3. The molecule has 1 aliphatic rings. The average molecular weight is 419 g/mol. The van der Waals surface area contributed by atoms with Gasteiger partial charge in [0.25, 0.3) is 0 Å². The molecular formula is C22H30N2O4S. The zero-order valence-electron chi connectivity index (χ0n) is 17.4. The number of benzene rings is 2. The number of aryl methyl sites for hydroxylation is 1. The van der Waals surface area contributed by atoms with Crippen molar-refractivity contribution in [2.75, 3.05) is 38.8 Å². The summed E-state index contributed by atoms with van der Waals surface area (Å²) in [6.45, 7) is 4.71. The lowest BCUT2D eigenvalue weighted by Crippen LogP contribution is -2.30. The Balaban J connectivity index is 1.68. The van der Waals surface area contributed by atoms with Gasteiger partial charge in [0.2, 0.25) is 10.0 Å². The summed E-state index contributed by atoms with van der Waals surface area (Å²) in [6, 6.07) is 11.2. The Hall–Kier alpha value is -2.25. The Labute approximate surface area is 173 Å². The predicted octanol–water partition coefficient (Wildman–Crippen LogP) is 3.39. The molecule has 0 fully saturated rings. The van der Waals surface area contributed by atoms with Gasteiger partial charge in [0.1, 0.15) is 16.4 Å². The van der Waals surface area contributed by atoms with E-state index in [1.54, 1.807) is 12.1 Å². The number of nitrogens with zero attached hydrogens (tertiary/aromatic N) is 1. The van der Waals surface area contributed by atoms with E-state index in [0.29, 0.717) is 24.5 Å². The van der Waals surface area contributed by atoms with Gasteiger partial charge in [-0.15, -0.1) is 0 Å². The first kappa shape index (κ1) is 21.5. The number of rotatable bonds is 9. The number of methoxy groups -OCH3 is 2. The van der Waals surface area contributed by atoms with Crippen LogP contribution in [0.4, 0.5) is 5.69 Å². The lowest BCUT2D eigenvalue weighted by molar-refractivity contribution is 0.392. The minimum absolute atomic E-state index is 0.0833. The van der Waals surface area contributed by atoms with Gasteiger partial charge in [-0.2, -0.15) is 0 Å². The predicted molar refractivity (Wildman–Crippen MR) is 116 cm³/mol. The van der Waals surface area contributed by atoms with Crippen LogP contribution in [0.1, 0.15) is 30.9 Å². The number of nitrogens with one attached hydrogen (secondary N) is 1. The number of fused-ring (bicyclic) bond motifs is 1. The second kappa shape index (κ2) is 9.50. The highest BCUT2D eigenvalue weighted by atomic mass is 32.2. The molecule has 0 amide bonds. The lowest BCUT2D eigenvalue weighted by Gasteiger charge is -2.31. The van der Waals surface area contributed by atoms with Crippen molar-refractivity contribution in [1.29, 1.82) is 0 Å². The third-order valence-corrected chi connectivity index (χ3v) is 6.70. The van der Waals surface area contributed by atoms with Crippen LogP contribution >= 0.6 is 0 Å². The molecule has 0 saturated heterocycles. The van der Waals surface area contributed by atoms with Crippen molar-refractivity contribution >= 4 is 15.7 Å². The third kappa shape index (κ3) is 5.03. The van der Waals surface area contributed by atoms with Gasteiger partial charge in [-0.05, 0) is 55.0 Å². The van der Waals surface area contributed by atoms with Crippen molar-refractivity contribution in [2.24, 2.45) is 0 Å². The van der Waals surface area contributed by atoms with Gasteiger partial charge in [-0.3, -0.25) is 0 Å². The van der Waals surface area contributed by atoms with Crippen molar-refractivity contribution < 1.29 is 17.9 Å². The molecule has 3 rings (SSSR count). The van der Waals surface area contributed by atoms with Crippen LogP contribution in [-0.4, -0.2) is 42.3 Å². The lowest BCUT2D eigenvalue weighted by atomic mass is 9.98. The number of ether oxygens (including phenoxy) is 2. The molecule has 2 aromatic carbocycles. The Bertz CT molecular complexity index is 944. The van der Waals surface area contributed by atoms with Gasteiger partial charge < -0.3 is 14.4 Å². The summed E-state index contributed by atoms with van der Waals surface area (Å²) in [4.78, 5) is 2.53. The Morgan fingerprint density at radius 3 is 2.66 bits per heavy atom. The fourth-order valence-corrected chi connectivity index (χ4v) is 5.00. The number of anilines is 1. The molecule has 29 heavy (non-hydrogen) atoms. The molecule has 0 saturated carbocycles. The first-order valence-electron chi connectivity index (χ1n) is 10.1. The van der Waals surface area contributed by atoms with Gasteiger partial charge in [-0.25, -0.2) is 13.1 Å². The molecule has 1 heterocycles. The van der Waals surface area contributed by atoms with E-state index < -0.39 is 10.0 Å². The molecule has 0 bridgehead atoms. The Morgan fingerprint density at radius 1 is 1.10 bits per heavy atom. The zero-order valence-corrected chi connectivity index (χ0v) is 18.2. The van der Waals surface area contributed by atoms with E-state index in [1.807, 2.05) is 0 Å². The molecule has 1 aliphatic heterocycles. The van der Waals surface area contributed by atoms with E-state index in [0.717, 1.165) is 31.5 Å². The van der Waals surface area contributed by atoms with E-state index in [9.17, 15) is 8.42 Å². The normalized spacial score (nSPS) is 13.8. The van der Waals surface area contributed by atoms with Crippen molar-refractivity contribution in [1.82, 2.24) is 4.72 Å². The first-order chi connectivity index (χ1) is 14.0. The molecule has 2 aromatic rings. The fraction of sp³-hybridized carbons (Fsp3) is 0.455. The van der Waals surface area contributed by atoms with Crippen LogP contribution in [0.15, 0.2) is 41.3 Å². The van der Waals surface area contributed by atoms with Crippen molar-refractivity contribution in [3.8, 4) is 11.5 Å². The van der Waals surface area contributed by atoms with E-state index in [2.05, 4.69) is 34.7 Å². The maximum absolute atomic E-state index is 12.8. The molecule has 0 aliphatic carbocycles. The van der Waals surface area contributed by atoms with Crippen LogP contribution in [0, 0.1) is 0 Å². The number of sulfonamides is 1. The third-order valence-electron chi connectivity index (χ3n) is 5.22. The van der Waals surface area contributed by atoms with Crippen LogP contribution in [0.3, 0.4) is 0 Å². The molecule has 6 nitrogen and oxygen atoms in total. The van der Waals surface area contributed by atoms with Gasteiger partial charge >= 0.3 is 0 Å². The van der Waals surface area contributed by atoms with Gasteiger partial charge in [0.15, 0.2) is 0 Å². The summed E-state index contributed by atoms with van der Waals surface area (Å²) in [5, 5.41) is 0. The van der Waals surface area contributed by atoms with Crippen LogP contribution in [-0.2, 0) is 22.9 Å². The number of hydrogen-bond donors (Lipinski definition) is 1. The summed E-state index contributed by atoms with van der Waals surface area (Å²) in [7, 11) is -0.745. The second-order valence-corrected chi connectivity index (χ2v) is 8.95. The molecule has 0 aromatic heterocycles. The highest BCUT2D eigenvalue weighted by Gasteiger charge is 2.21. The van der Waals surface area contributed by atoms with Gasteiger partial charge in [0, 0.05) is 31.4 Å². The highest BCUT2D eigenvalue weighted by molar-refractivity contribution is 7.89. The smallest absolute Gasteiger partial charge is 0.244 e. The van der Waals surface area contributed by atoms with Crippen LogP contribution in [0.5, 0.6) is 11.5 Å². The quantitative estimate of drug-likeness (QED) is 0.676. The van der Waals surface area contributed by atoms with E-state index in [-0.39, 0.29) is 4.90 Å². The molecule has 158 valence electrons. The summed E-state index contributed by atoms with van der Waals surface area (Å²) < 4.78 is 38.6. The maximum Gasteiger partial charge on any atom is 0.244 e. The van der Waals surface area contributed by atoms with Crippen LogP contribution < -0.4 is 19.1 Å². The van der Waals surface area contributed by atoms with E-state index in [1.165, 1.54) is 38.0 Å². The van der Waals surface area contributed by atoms with E-state index >= 15 is 0 Å². The molecule has 0 atom stereocenters. The van der Waals surface area contributed by atoms with Crippen LogP contribution in [0.2, 0.25) is 0 Å². The van der Waals surface area contributed by atoms with E-state index in [4.69, 9.17) is 9.47 Å². The summed E-state index contributed by atoms with van der Waals surface area (Å²) in [5.41, 5.74) is 3.82. The largest absolute Gasteiger partial charge is 0.497 e. The van der Waals surface area contributed by atoms with Crippen molar-refractivity contribution in [3.05, 3.63) is 47.5 Å². The second-order valence-electron chi connectivity index (χ2n) is 7.22. The topological polar surface area (TPSA) is 67.9 Å². The van der Waals surface area contributed by atoms with Crippen molar-refractivity contribution in [2.45, 2.75) is 37.5 Å². The first-order valence-corrected chi connectivity index (χ1v) is 11.5. The Kier molecular flexibility index (Phi) is 7.03. The fourth-order valence-electron chi connectivity index (χ4n) is 3.79. The molecular weight excluding hydrogens is 388 g/mol. The minimum atomic E-state index is -3.70. The SMILES string of the molecule is CCCN1CCCc2cc(CCNS(=O)(=O)c3cc(OC)ccc3OC)ccc21. The number of hydrogen-bond acceptors (Lipinski definition) is 5. The molecule has 0 unspecified atom stereocenters. The summed E-state index contributed by atoms with van der Waals surface area (Å²) in [6.07, 6.45) is 4.01. The molecule has 1 N–H and O–H groups in total. The monoisotopic (exact) mass is 418 g/mol. The van der Waals surface area contributed by atoms with Gasteiger partial charge in [-0.1, -0.05) is 19.1 Å². The average Bonchev–Trinajstić information content (AvgIpc) is 2.73. The van der Waals surface area contributed by atoms with Crippen molar-refractivity contribution in [3.63, 3.8) is 0 Å². The minimum Gasteiger partial charge on any atom is -0.497 e. The molecule has 0 spiro atoms. The van der Waals surface area contributed by atoms with Gasteiger partial charge in [0.05, 0.1) is 14.2 Å². The summed E-state index contributed by atoms with van der Waals surface area (Å²) >= 11 is 0.